The summed E-state index contributed by atoms with van der Waals surface area (Å²) in [6.07, 6.45) is 6.17. The maximum absolute atomic E-state index is 14.7. The Morgan fingerprint density at radius 1 is 1.29 bits per heavy atom. The van der Waals surface area contributed by atoms with Crippen LogP contribution in [0.15, 0.2) is 12.1 Å². The first kappa shape index (κ1) is 20.5. The number of hydrogen-bond donors (Lipinski definition) is 2. The van der Waals surface area contributed by atoms with E-state index in [4.69, 9.17) is 5.41 Å². The Balaban J connectivity index is 1.45. The van der Waals surface area contributed by atoms with Gasteiger partial charge in [0.25, 0.3) is 0 Å². The molecule has 5 fully saturated rings. The van der Waals surface area contributed by atoms with Crippen molar-refractivity contribution >= 4 is 17.3 Å². The van der Waals surface area contributed by atoms with Gasteiger partial charge in [0.2, 0.25) is 5.91 Å². The van der Waals surface area contributed by atoms with Crippen molar-refractivity contribution in [2.75, 3.05) is 12.4 Å². The van der Waals surface area contributed by atoms with Gasteiger partial charge in [-0.05, 0) is 75.3 Å². The van der Waals surface area contributed by atoms with Crippen LogP contribution in [-0.4, -0.2) is 35.7 Å². The van der Waals surface area contributed by atoms with E-state index in [9.17, 15) is 14.4 Å². The minimum Gasteiger partial charge on any atom is -0.388 e. The fraction of sp³-hybridized carbons (Fsp3) is 0.640. The molecule has 3 atom stereocenters. The summed E-state index contributed by atoms with van der Waals surface area (Å²) in [4.78, 5) is 15.7. The topological polar surface area (TPSA) is 80.0 Å². The van der Waals surface area contributed by atoms with Crippen molar-refractivity contribution in [1.82, 2.24) is 4.90 Å². The molecule has 0 spiro atoms. The van der Waals surface area contributed by atoms with E-state index in [1.165, 1.54) is 6.07 Å². The van der Waals surface area contributed by atoms with Crippen molar-refractivity contribution in [3.63, 3.8) is 0 Å². The second kappa shape index (κ2) is 6.79. The number of nitrogens with zero attached hydrogens (tertiary/aromatic N) is 2. The number of piperidine rings is 2. The molecule has 5 nitrogen and oxygen atoms in total. The number of halogens is 1. The summed E-state index contributed by atoms with van der Waals surface area (Å²) in [5.41, 5.74) is 1.91. The molecule has 5 aliphatic rings. The fourth-order valence-corrected chi connectivity index (χ4v) is 7.07. The Bertz CT molecular complexity index is 992. The van der Waals surface area contributed by atoms with Crippen LogP contribution in [-0.2, 0) is 4.79 Å². The summed E-state index contributed by atoms with van der Waals surface area (Å²) in [5.74, 6) is -0.819. The predicted octanol–water partition coefficient (Wildman–Crippen LogP) is 4.82. The third kappa shape index (κ3) is 3.08. The van der Waals surface area contributed by atoms with Crippen LogP contribution in [0.1, 0.15) is 75.8 Å². The van der Waals surface area contributed by atoms with E-state index in [1.807, 2.05) is 4.90 Å². The number of rotatable bonds is 5. The molecule has 3 unspecified atom stereocenters. The van der Waals surface area contributed by atoms with Gasteiger partial charge >= 0.3 is 0 Å². The molecule has 3 aliphatic carbocycles. The highest BCUT2D eigenvalue weighted by molar-refractivity contribution is 6.14. The monoisotopic (exact) mass is 422 g/mol. The summed E-state index contributed by atoms with van der Waals surface area (Å²) in [6, 6.07) is 5.88. The molecule has 31 heavy (non-hydrogen) atoms. The number of nitrogens with one attached hydrogen (secondary N) is 2. The average Bonchev–Trinajstić information content (AvgIpc) is 3.55. The molecule has 3 saturated carbocycles. The summed E-state index contributed by atoms with van der Waals surface area (Å²) < 4.78 is 14.7. The molecular weight excluding hydrogens is 391 g/mol. The van der Waals surface area contributed by atoms with Crippen molar-refractivity contribution in [3.8, 4) is 6.07 Å². The lowest BCUT2D eigenvalue weighted by molar-refractivity contribution is -0.164. The second-order valence-electron chi connectivity index (χ2n) is 10.8. The molecule has 2 aliphatic heterocycles. The fourth-order valence-electron chi connectivity index (χ4n) is 7.07. The lowest BCUT2D eigenvalue weighted by Gasteiger charge is -2.63. The number of amides is 1. The highest BCUT2D eigenvalue weighted by Crippen LogP contribution is 2.61. The number of hydrogen-bond acceptors (Lipinski definition) is 4. The zero-order valence-corrected chi connectivity index (χ0v) is 18.6. The Labute approximate surface area is 183 Å². The molecule has 1 aromatic carbocycles. The molecule has 6 rings (SSSR count). The van der Waals surface area contributed by atoms with Gasteiger partial charge in [-0.2, -0.15) is 5.26 Å². The Morgan fingerprint density at radius 2 is 1.94 bits per heavy atom. The second-order valence-corrected chi connectivity index (χ2v) is 10.8. The van der Waals surface area contributed by atoms with Gasteiger partial charge < -0.3 is 15.6 Å². The van der Waals surface area contributed by atoms with E-state index < -0.39 is 5.92 Å². The molecule has 4 bridgehead atoms. The number of benzene rings is 1. The first-order valence-corrected chi connectivity index (χ1v) is 11.5. The van der Waals surface area contributed by atoms with Gasteiger partial charge in [0.15, 0.2) is 0 Å². The Morgan fingerprint density at radius 3 is 2.48 bits per heavy atom. The molecule has 1 amide bonds. The zero-order chi connectivity index (χ0) is 22.1. The largest absolute Gasteiger partial charge is 0.388 e. The van der Waals surface area contributed by atoms with Crippen molar-refractivity contribution in [2.24, 2.45) is 16.7 Å². The van der Waals surface area contributed by atoms with Gasteiger partial charge in [-0.1, -0.05) is 6.92 Å². The van der Waals surface area contributed by atoms with Crippen LogP contribution < -0.4 is 5.32 Å². The third-order valence-electron chi connectivity index (χ3n) is 8.27. The van der Waals surface area contributed by atoms with E-state index in [1.54, 1.807) is 20.0 Å². The van der Waals surface area contributed by atoms with Crippen molar-refractivity contribution in [2.45, 2.75) is 76.8 Å². The molecule has 0 radical (unpaired) electrons. The van der Waals surface area contributed by atoms with Crippen molar-refractivity contribution < 1.29 is 9.18 Å². The molecule has 1 aromatic rings. The van der Waals surface area contributed by atoms with E-state index >= 15 is 0 Å². The first-order valence-electron chi connectivity index (χ1n) is 11.5. The van der Waals surface area contributed by atoms with Crippen molar-refractivity contribution in [1.29, 1.82) is 10.7 Å². The molecule has 0 aromatic heterocycles. The Hall–Kier alpha value is -2.42. The van der Waals surface area contributed by atoms with Crippen LogP contribution in [0, 0.1) is 39.3 Å². The maximum atomic E-state index is 14.7. The summed E-state index contributed by atoms with van der Waals surface area (Å²) in [6.45, 7) is 4.05. The average molecular weight is 423 g/mol. The summed E-state index contributed by atoms with van der Waals surface area (Å²) >= 11 is 0. The standard InChI is InChI=1S/C25H31FN4O/c1-14(22(28)21-19(29-3)7-6-18(26)20(21)15-4-5-15)23(31)30-16-8-24(2)9-17(30)11-25(10-16,12-24)13-27/h6-7,14-17,28-29H,4-5,8-12H2,1-3H3. The van der Waals surface area contributed by atoms with Gasteiger partial charge in [0, 0.05) is 35.9 Å². The van der Waals surface area contributed by atoms with Crippen LogP contribution in [0.5, 0.6) is 0 Å². The van der Waals surface area contributed by atoms with Crippen LogP contribution in [0.25, 0.3) is 0 Å². The Kier molecular flexibility index (Phi) is 4.48. The number of carbonyl (C=O) groups is 1. The number of anilines is 1. The molecule has 2 N–H and O–H groups in total. The van der Waals surface area contributed by atoms with E-state index in [0.717, 1.165) is 44.9 Å². The first-order chi connectivity index (χ1) is 14.7. The molecule has 164 valence electrons. The van der Waals surface area contributed by atoms with Gasteiger partial charge in [-0.15, -0.1) is 0 Å². The number of nitriles is 1. The van der Waals surface area contributed by atoms with E-state index in [-0.39, 0.29) is 46.3 Å². The van der Waals surface area contributed by atoms with Crippen LogP contribution in [0.4, 0.5) is 10.1 Å². The van der Waals surface area contributed by atoms with Gasteiger partial charge in [0.1, 0.15) is 5.82 Å². The van der Waals surface area contributed by atoms with Gasteiger partial charge in [-0.3, -0.25) is 4.79 Å². The minimum absolute atomic E-state index is 0.0384. The highest BCUT2D eigenvalue weighted by Gasteiger charge is 2.60. The van der Waals surface area contributed by atoms with Crippen LogP contribution in [0.3, 0.4) is 0 Å². The molecule has 2 saturated heterocycles. The molecule has 2 heterocycles. The SMILES string of the molecule is CNc1ccc(F)c(C2CC2)c1C(=N)C(C)C(=O)N1C2CC3(C)CC1CC(C#N)(C2)C3. The number of carbonyl (C=O) groups excluding carboxylic acids is 1. The molecule has 6 heteroatoms. The summed E-state index contributed by atoms with van der Waals surface area (Å²) in [7, 11) is 1.77. The normalized spacial score (nSPS) is 34.4. The minimum atomic E-state index is -0.644. The smallest absolute Gasteiger partial charge is 0.231 e. The molecular formula is C25H31FN4O. The lowest BCUT2D eigenvalue weighted by Crippen LogP contribution is -2.66. The van der Waals surface area contributed by atoms with Crippen molar-refractivity contribution in [3.05, 3.63) is 29.1 Å². The van der Waals surface area contributed by atoms with E-state index in [0.29, 0.717) is 16.8 Å². The maximum Gasteiger partial charge on any atom is 0.231 e. The zero-order valence-electron chi connectivity index (χ0n) is 18.6. The highest BCUT2D eigenvalue weighted by atomic mass is 19.1. The van der Waals surface area contributed by atoms with Gasteiger partial charge in [-0.25, -0.2) is 4.39 Å². The van der Waals surface area contributed by atoms with Crippen LogP contribution >= 0.6 is 0 Å². The third-order valence-corrected chi connectivity index (χ3v) is 8.27. The van der Waals surface area contributed by atoms with Gasteiger partial charge in [0.05, 0.1) is 23.1 Å². The van der Waals surface area contributed by atoms with E-state index in [2.05, 4.69) is 18.3 Å². The quantitative estimate of drug-likeness (QED) is 0.668. The summed E-state index contributed by atoms with van der Waals surface area (Å²) in [5, 5.41) is 21.9. The lowest BCUT2D eigenvalue weighted by atomic mass is 9.50. The van der Waals surface area contributed by atoms with Crippen LogP contribution in [0.2, 0.25) is 0 Å². The predicted molar refractivity (Wildman–Crippen MR) is 118 cm³/mol.